The topological polar surface area (TPSA) is 73.9 Å². The highest BCUT2D eigenvalue weighted by molar-refractivity contribution is 7.90. The van der Waals surface area contributed by atoms with Crippen LogP contribution in [0.2, 0.25) is 0 Å². The van der Waals surface area contributed by atoms with Crippen LogP contribution in [0.1, 0.15) is 60.3 Å². The molecule has 0 spiro atoms. The Hall–Kier alpha value is -3.00. The smallest absolute Gasteiger partial charge is 0.347 e. The fourth-order valence-electron chi connectivity index (χ4n) is 4.34. The first-order valence-electron chi connectivity index (χ1n) is 12.2. The SMILES string of the molecule is Cc1c(C(=O)Oc2ccccc2)c(OCc2ccccc2)cc2c1N(C)CCC2N[S@@+]([O-])C(C)(C)C. The van der Waals surface area contributed by atoms with Gasteiger partial charge in [-0.3, -0.25) is 0 Å². The van der Waals surface area contributed by atoms with E-state index in [4.69, 9.17) is 9.47 Å². The molecule has 190 valence electrons. The van der Waals surface area contributed by atoms with E-state index in [0.717, 1.165) is 35.3 Å². The molecule has 0 aromatic heterocycles. The normalized spacial score (nSPS) is 16.3. The molecule has 1 aliphatic heterocycles. The molecule has 0 amide bonds. The number of nitrogens with one attached hydrogen (secondary N) is 1. The standard InChI is InChI=1S/C29H34N2O4S/c1-20-26(28(32)35-22-14-10-7-11-15-22)25(34-19-21-12-8-6-9-13-21)18-23-24(16-17-31(5)27(20)23)30-36(33)29(2,3)4/h6-15,18,24,30H,16-17,19H2,1-5H3/t24?,36-/m0/s1. The first kappa shape index (κ1) is 26.1. The maximum absolute atomic E-state index is 13.5. The molecule has 0 saturated heterocycles. The lowest BCUT2D eigenvalue weighted by atomic mass is 9.91. The number of carbonyl (C=O) groups excluding carboxylic acids is 1. The van der Waals surface area contributed by atoms with Gasteiger partial charge in [-0.2, -0.15) is 0 Å². The van der Waals surface area contributed by atoms with Crippen LogP contribution in [0.3, 0.4) is 0 Å². The summed E-state index contributed by atoms with van der Waals surface area (Å²) in [6.07, 6.45) is 0.788. The van der Waals surface area contributed by atoms with Gasteiger partial charge in [0, 0.05) is 36.2 Å². The van der Waals surface area contributed by atoms with Gasteiger partial charge in [0.15, 0.2) is 0 Å². The Morgan fingerprint density at radius 3 is 2.39 bits per heavy atom. The van der Waals surface area contributed by atoms with Gasteiger partial charge in [-0.25, -0.2) is 4.79 Å². The first-order chi connectivity index (χ1) is 17.1. The Bertz CT molecular complexity index is 1200. The van der Waals surface area contributed by atoms with Gasteiger partial charge < -0.3 is 18.9 Å². The number of carbonyl (C=O) groups is 1. The molecule has 1 aliphatic rings. The number of para-hydroxylation sites is 1. The fourth-order valence-corrected chi connectivity index (χ4v) is 5.20. The van der Waals surface area contributed by atoms with Crippen molar-refractivity contribution in [3.8, 4) is 11.5 Å². The summed E-state index contributed by atoms with van der Waals surface area (Å²) in [6, 6.07) is 20.7. The lowest BCUT2D eigenvalue weighted by molar-refractivity contribution is 0.0729. The Morgan fingerprint density at radius 2 is 1.75 bits per heavy atom. The highest BCUT2D eigenvalue weighted by atomic mass is 32.2. The fraction of sp³-hybridized carbons (Fsp3) is 0.345. The summed E-state index contributed by atoms with van der Waals surface area (Å²) < 4.78 is 27.9. The molecule has 0 radical (unpaired) electrons. The van der Waals surface area contributed by atoms with Gasteiger partial charge in [-0.05, 0) is 63.4 Å². The zero-order valence-corrected chi connectivity index (χ0v) is 22.4. The lowest BCUT2D eigenvalue weighted by Crippen LogP contribution is -2.44. The molecule has 3 aromatic rings. The molecule has 0 saturated carbocycles. The van der Waals surface area contributed by atoms with Gasteiger partial charge in [0.25, 0.3) is 0 Å². The molecule has 7 heteroatoms. The summed E-state index contributed by atoms with van der Waals surface area (Å²) in [7, 11) is 2.01. The third-order valence-corrected chi connectivity index (χ3v) is 7.86. The van der Waals surface area contributed by atoms with E-state index in [1.54, 1.807) is 12.1 Å². The van der Waals surface area contributed by atoms with E-state index in [1.807, 2.05) is 89.3 Å². The van der Waals surface area contributed by atoms with E-state index >= 15 is 0 Å². The maximum Gasteiger partial charge on any atom is 0.347 e. The van der Waals surface area contributed by atoms with E-state index in [-0.39, 0.29) is 6.04 Å². The van der Waals surface area contributed by atoms with Crippen molar-refractivity contribution in [2.24, 2.45) is 0 Å². The van der Waals surface area contributed by atoms with Gasteiger partial charge in [0.05, 0.1) is 6.04 Å². The number of esters is 1. The van der Waals surface area contributed by atoms with Crippen LogP contribution in [0.25, 0.3) is 0 Å². The summed E-state index contributed by atoms with van der Waals surface area (Å²) in [6.45, 7) is 8.86. The van der Waals surface area contributed by atoms with Crippen LogP contribution in [0.4, 0.5) is 5.69 Å². The van der Waals surface area contributed by atoms with Crippen LogP contribution in [-0.2, 0) is 18.0 Å². The quantitative estimate of drug-likeness (QED) is 0.251. The van der Waals surface area contributed by atoms with E-state index < -0.39 is 22.1 Å². The van der Waals surface area contributed by atoms with Crippen molar-refractivity contribution in [1.82, 2.24) is 4.72 Å². The number of fused-ring (bicyclic) bond motifs is 1. The number of hydrogen-bond acceptors (Lipinski definition) is 6. The van der Waals surface area contributed by atoms with Crippen molar-refractivity contribution >= 4 is 23.0 Å². The van der Waals surface area contributed by atoms with Gasteiger partial charge >= 0.3 is 5.97 Å². The maximum atomic E-state index is 13.5. The Labute approximate surface area is 216 Å². The Kier molecular flexibility index (Phi) is 7.93. The average molecular weight is 507 g/mol. The van der Waals surface area contributed by atoms with Crippen LogP contribution >= 0.6 is 0 Å². The van der Waals surface area contributed by atoms with Crippen molar-refractivity contribution in [2.45, 2.75) is 51.5 Å². The molecule has 6 nitrogen and oxygen atoms in total. The van der Waals surface area contributed by atoms with E-state index in [9.17, 15) is 9.35 Å². The van der Waals surface area contributed by atoms with Crippen molar-refractivity contribution in [3.63, 3.8) is 0 Å². The van der Waals surface area contributed by atoms with Crippen LogP contribution < -0.4 is 19.1 Å². The third-order valence-electron chi connectivity index (χ3n) is 6.25. The molecule has 0 fully saturated rings. The second-order valence-corrected chi connectivity index (χ2v) is 12.0. The van der Waals surface area contributed by atoms with E-state index in [2.05, 4.69) is 9.62 Å². The molecule has 0 aliphatic carbocycles. The largest absolute Gasteiger partial charge is 0.598 e. The van der Waals surface area contributed by atoms with E-state index in [1.165, 1.54) is 0 Å². The van der Waals surface area contributed by atoms with Crippen LogP contribution in [0.15, 0.2) is 66.7 Å². The number of hydrogen-bond donors (Lipinski definition) is 1. The summed E-state index contributed by atoms with van der Waals surface area (Å²) in [5, 5.41) is 0. The van der Waals surface area contributed by atoms with Crippen LogP contribution in [0, 0.1) is 6.92 Å². The zero-order chi connectivity index (χ0) is 25.9. The predicted octanol–water partition coefficient (Wildman–Crippen LogP) is 5.73. The highest BCUT2D eigenvalue weighted by Crippen LogP contribution is 2.42. The summed E-state index contributed by atoms with van der Waals surface area (Å²) in [4.78, 5) is 15.6. The molecule has 36 heavy (non-hydrogen) atoms. The molecule has 0 bridgehead atoms. The minimum atomic E-state index is -1.24. The number of rotatable bonds is 7. The molecule has 1 heterocycles. The molecule has 1 unspecified atom stereocenters. The van der Waals surface area contributed by atoms with Crippen molar-refractivity contribution in [1.29, 1.82) is 0 Å². The summed E-state index contributed by atoms with van der Waals surface area (Å²) in [5.74, 6) is 0.466. The number of anilines is 1. The molecule has 1 N–H and O–H groups in total. The Morgan fingerprint density at radius 1 is 1.11 bits per heavy atom. The summed E-state index contributed by atoms with van der Waals surface area (Å²) in [5.41, 5.74) is 4.09. The molecular formula is C29H34N2O4S. The second kappa shape index (κ2) is 10.9. The minimum Gasteiger partial charge on any atom is -0.598 e. The lowest BCUT2D eigenvalue weighted by Gasteiger charge is -2.37. The predicted molar refractivity (Wildman–Crippen MR) is 145 cm³/mol. The summed E-state index contributed by atoms with van der Waals surface area (Å²) >= 11 is -1.24. The van der Waals surface area contributed by atoms with Gasteiger partial charge in [-0.15, -0.1) is 4.72 Å². The number of nitrogens with zero attached hydrogens (tertiary/aromatic N) is 1. The average Bonchev–Trinajstić information content (AvgIpc) is 2.84. The third kappa shape index (κ3) is 5.86. The first-order valence-corrected chi connectivity index (χ1v) is 13.3. The van der Waals surface area contributed by atoms with Crippen molar-refractivity contribution in [3.05, 3.63) is 89.0 Å². The highest BCUT2D eigenvalue weighted by Gasteiger charge is 2.35. The Balaban J connectivity index is 1.76. The second-order valence-electron chi connectivity index (χ2n) is 10.1. The van der Waals surface area contributed by atoms with Crippen LogP contribution in [0.5, 0.6) is 11.5 Å². The minimum absolute atomic E-state index is 0.131. The van der Waals surface area contributed by atoms with Crippen molar-refractivity contribution in [2.75, 3.05) is 18.5 Å². The van der Waals surface area contributed by atoms with Crippen molar-refractivity contribution < 1.29 is 18.8 Å². The van der Waals surface area contributed by atoms with Gasteiger partial charge in [0.2, 0.25) is 0 Å². The zero-order valence-electron chi connectivity index (χ0n) is 21.5. The van der Waals surface area contributed by atoms with Gasteiger partial charge in [0.1, 0.15) is 28.4 Å². The molecule has 3 aromatic carbocycles. The van der Waals surface area contributed by atoms with E-state index in [0.29, 0.717) is 23.7 Å². The number of benzene rings is 3. The molecular weight excluding hydrogens is 472 g/mol. The molecule has 2 atom stereocenters. The van der Waals surface area contributed by atoms with Gasteiger partial charge in [-0.1, -0.05) is 48.5 Å². The number of ether oxygens (including phenoxy) is 2. The van der Waals surface area contributed by atoms with Crippen LogP contribution in [-0.4, -0.2) is 28.9 Å². The molecule has 4 rings (SSSR count). The monoisotopic (exact) mass is 506 g/mol.